The predicted molar refractivity (Wildman–Crippen MR) is 66.1 cm³/mol. The maximum Gasteiger partial charge on any atom is 0.135 e. The van der Waals surface area contributed by atoms with E-state index in [0.29, 0.717) is 11.7 Å². The number of nitrogens with zero attached hydrogens (tertiary/aromatic N) is 1. The topological polar surface area (TPSA) is 38.9 Å². The number of thiazole rings is 1. The summed E-state index contributed by atoms with van der Waals surface area (Å²) in [6.45, 7) is 4.38. The highest BCUT2D eigenvalue weighted by molar-refractivity contribution is 7.13. The fourth-order valence-electron chi connectivity index (χ4n) is 1.43. The molecule has 0 atom stereocenters. The van der Waals surface area contributed by atoms with Gasteiger partial charge in [-0.15, -0.1) is 11.3 Å². The van der Waals surface area contributed by atoms with Crippen LogP contribution < -0.4 is 5.73 Å². The fourth-order valence-corrected chi connectivity index (χ4v) is 2.14. The van der Waals surface area contributed by atoms with Gasteiger partial charge in [0.25, 0.3) is 0 Å². The van der Waals surface area contributed by atoms with Crippen molar-refractivity contribution in [2.24, 2.45) is 0 Å². The Balaban J connectivity index is 2.31. The molecule has 1 aromatic heterocycles. The first-order chi connectivity index (χ1) is 7.16. The number of rotatable bonds is 2. The highest BCUT2D eigenvalue weighted by Crippen LogP contribution is 2.26. The SMILES string of the molecule is CC(C)c1ccc(-c2nc(N)cs2)cc1. The first kappa shape index (κ1) is 10.2. The van der Waals surface area contributed by atoms with Crippen LogP contribution in [-0.2, 0) is 0 Å². The number of hydrogen-bond acceptors (Lipinski definition) is 3. The number of aromatic nitrogens is 1. The van der Waals surface area contributed by atoms with Crippen molar-refractivity contribution in [3.05, 3.63) is 35.2 Å². The van der Waals surface area contributed by atoms with Crippen molar-refractivity contribution < 1.29 is 0 Å². The van der Waals surface area contributed by atoms with Gasteiger partial charge in [0, 0.05) is 10.9 Å². The van der Waals surface area contributed by atoms with E-state index in [9.17, 15) is 0 Å². The van der Waals surface area contributed by atoms with E-state index in [1.54, 1.807) is 11.3 Å². The van der Waals surface area contributed by atoms with Gasteiger partial charge in [0.1, 0.15) is 10.8 Å². The van der Waals surface area contributed by atoms with Gasteiger partial charge in [-0.25, -0.2) is 4.98 Å². The van der Waals surface area contributed by atoms with Gasteiger partial charge in [-0.2, -0.15) is 0 Å². The van der Waals surface area contributed by atoms with E-state index in [-0.39, 0.29) is 0 Å². The van der Waals surface area contributed by atoms with E-state index in [0.717, 1.165) is 10.6 Å². The molecule has 0 amide bonds. The average Bonchev–Trinajstić information content (AvgIpc) is 2.65. The fraction of sp³-hybridized carbons (Fsp3) is 0.250. The van der Waals surface area contributed by atoms with Crippen LogP contribution in [0.3, 0.4) is 0 Å². The molecule has 2 N–H and O–H groups in total. The molecule has 0 aliphatic carbocycles. The van der Waals surface area contributed by atoms with Crippen LogP contribution in [0.15, 0.2) is 29.6 Å². The molecule has 0 bridgehead atoms. The van der Waals surface area contributed by atoms with Gasteiger partial charge in [-0.1, -0.05) is 38.1 Å². The minimum absolute atomic E-state index is 0.570. The number of benzene rings is 1. The molecule has 0 saturated heterocycles. The second-order valence-corrected chi connectivity index (χ2v) is 4.71. The van der Waals surface area contributed by atoms with Crippen LogP contribution >= 0.6 is 11.3 Å². The van der Waals surface area contributed by atoms with Crippen molar-refractivity contribution in [1.29, 1.82) is 0 Å². The molecule has 2 aromatic rings. The predicted octanol–water partition coefficient (Wildman–Crippen LogP) is 3.52. The second-order valence-electron chi connectivity index (χ2n) is 3.85. The Morgan fingerprint density at radius 1 is 1.20 bits per heavy atom. The summed E-state index contributed by atoms with van der Waals surface area (Å²) in [4.78, 5) is 4.25. The first-order valence-corrected chi connectivity index (χ1v) is 5.86. The highest BCUT2D eigenvalue weighted by Gasteiger charge is 2.03. The molecule has 15 heavy (non-hydrogen) atoms. The standard InChI is InChI=1S/C12H14N2S/c1-8(2)9-3-5-10(6-4-9)12-14-11(13)7-15-12/h3-8H,13H2,1-2H3. The zero-order valence-corrected chi connectivity index (χ0v) is 9.71. The third-order valence-electron chi connectivity index (χ3n) is 2.35. The molecule has 1 heterocycles. The lowest BCUT2D eigenvalue weighted by Gasteiger charge is -2.05. The monoisotopic (exact) mass is 218 g/mol. The average molecular weight is 218 g/mol. The van der Waals surface area contributed by atoms with Gasteiger partial charge in [-0.3, -0.25) is 0 Å². The Bertz CT molecular complexity index is 443. The molecule has 2 nitrogen and oxygen atoms in total. The first-order valence-electron chi connectivity index (χ1n) is 4.98. The second kappa shape index (κ2) is 4.03. The minimum atomic E-state index is 0.570. The molecular weight excluding hydrogens is 204 g/mol. The smallest absolute Gasteiger partial charge is 0.135 e. The summed E-state index contributed by atoms with van der Waals surface area (Å²) in [6.07, 6.45) is 0. The molecule has 0 saturated carbocycles. The maximum atomic E-state index is 5.59. The maximum absolute atomic E-state index is 5.59. The molecule has 2 rings (SSSR count). The van der Waals surface area contributed by atoms with Crippen LogP contribution in [0.5, 0.6) is 0 Å². The summed E-state index contributed by atoms with van der Waals surface area (Å²) in [6, 6.07) is 8.51. The van der Waals surface area contributed by atoms with Gasteiger partial charge in [-0.05, 0) is 11.5 Å². The van der Waals surface area contributed by atoms with Crippen LogP contribution in [0, 0.1) is 0 Å². The van der Waals surface area contributed by atoms with E-state index in [1.165, 1.54) is 5.56 Å². The van der Waals surface area contributed by atoms with E-state index in [1.807, 2.05) is 5.38 Å². The molecular formula is C12H14N2S. The molecule has 0 fully saturated rings. The van der Waals surface area contributed by atoms with Crippen molar-refractivity contribution in [2.45, 2.75) is 19.8 Å². The summed E-state index contributed by atoms with van der Waals surface area (Å²) >= 11 is 1.58. The van der Waals surface area contributed by atoms with Crippen molar-refractivity contribution >= 4 is 17.2 Å². The van der Waals surface area contributed by atoms with Gasteiger partial charge in [0.15, 0.2) is 0 Å². The highest BCUT2D eigenvalue weighted by atomic mass is 32.1. The number of anilines is 1. The molecule has 3 heteroatoms. The number of hydrogen-bond donors (Lipinski definition) is 1. The van der Waals surface area contributed by atoms with E-state index >= 15 is 0 Å². The van der Waals surface area contributed by atoms with Gasteiger partial charge in [0.05, 0.1) is 0 Å². The molecule has 0 aliphatic rings. The quantitative estimate of drug-likeness (QED) is 0.837. The lowest BCUT2D eigenvalue weighted by molar-refractivity contribution is 0.867. The van der Waals surface area contributed by atoms with Gasteiger partial charge >= 0.3 is 0 Å². The van der Waals surface area contributed by atoms with Crippen molar-refractivity contribution in [3.63, 3.8) is 0 Å². The molecule has 78 valence electrons. The summed E-state index contributed by atoms with van der Waals surface area (Å²) in [5, 5.41) is 2.86. The third kappa shape index (κ3) is 2.18. The van der Waals surface area contributed by atoms with Crippen molar-refractivity contribution in [2.75, 3.05) is 5.73 Å². The third-order valence-corrected chi connectivity index (χ3v) is 3.26. The zero-order chi connectivity index (χ0) is 10.8. The van der Waals surface area contributed by atoms with Crippen LogP contribution in [-0.4, -0.2) is 4.98 Å². The Kier molecular flexibility index (Phi) is 2.73. The molecule has 0 radical (unpaired) electrons. The van der Waals surface area contributed by atoms with Crippen LogP contribution in [0.2, 0.25) is 0 Å². The number of nitrogen functional groups attached to an aromatic ring is 1. The molecule has 0 spiro atoms. The van der Waals surface area contributed by atoms with Crippen molar-refractivity contribution in [3.8, 4) is 10.6 Å². The molecule has 0 unspecified atom stereocenters. The zero-order valence-electron chi connectivity index (χ0n) is 8.90. The van der Waals surface area contributed by atoms with E-state index < -0.39 is 0 Å². The van der Waals surface area contributed by atoms with Crippen LogP contribution in [0.25, 0.3) is 10.6 Å². The lowest BCUT2D eigenvalue weighted by Crippen LogP contribution is -1.87. The minimum Gasteiger partial charge on any atom is -0.383 e. The summed E-state index contributed by atoms with van der Waals surface area (Å²) in [7, 11) is 0. The summed E-state index contributed by atoms with van der Waals surface area (Å²) in [5.74, 6) is 1.17. The summed E-state index contributed by atoms with van der Waals surface area (Å²) < 4.78 is 0. The van der Waals surface area contributed by atoms with Gasteiger partial charge < -0.3 is 5.73 Å². The van der Waals surface area contributed by atoms with Crippen molar-refractivity contribution in [1.82, 2.24) is 4.98 Å². The normalized spacial score (nSPS) is 10.9. The summed E-state index contributed by atoms with van der Waals surface area (Å²) in [5.41, 5.74) is 8.08. The Morgan fingerprint density at radius 2 is 1.87 bits per heavy atom. The Hall–Kier alpha value is -1.35. The Morgan fingerprint density at radius 3 is 2.33 bits per heavy atom. The largest absolute Gasteiger partial charge is 0.383 e. The lowest BCUT2D eigenvalue weighted by atomic mass is 10.0. The van der Waals surface area contributed by atoms with Crippen LogP contribution in [0.4, 0.5) is 5.82 Å². The number of nitrogens with two attached hydrogens (primary N) is 1. The van der Waals surface area contributed by atoms with Crippen LogP contribution in [0.1, 0.15) is 25.3 Å². The van der Waals surface area contributed by atoms with E-state index in [4.69, 9.17) is 5.73 Å². The molecule has 0 aliphatic heterocycles. The van der Waals surface area contributed by atoms with E-state index in [2.05, 4.69) is 43.1 Å². The molecule has 1 aromatic carbocycles. The van der Waals surface area contributed by atoms with Gasteiger partial charge in [0.2, 0.25) is 0 Å². The Labute approximate surface area is 93.8 Å².